The van der Waals surface area contributed by atoms with E-state index in [0.29, 0.717) is 23.9 Å². The Morgan fingerprint density at radius 2 is 1.78 bits per heavy atom. The molecule has 0 aliphatic heterocycles. The molecule has 136 valence electrons. The van der Waals surface area contributed by atoms with Crippen LogP contribution in [0.2, 0.25) is 10.0 Å². The van der Waals surface area contributed by atoms with Crippen molar-refractivity contribution >= 4 is 40.2 Å². The first kappa shape index (κ1) is 17.8. The molecule has 4 aromatic rings. The number of benzene rings is 1. The molecule has 7 heteroatoms. The summed E-state index contributed by atoms with van der Waals surface area (Å²) in [6.07, 6.45) is 7.99. The topological polar surface area (TPSA) is 57.7 Å². The van der Waals surface area contributed by atoms with Crippen molar-refractivity contribution in [3.05, 3.63) is 81.9 Å². The molecule has 1 aromatic carbocycles. The number of nitrogens with one attached hydrogen (secondary N) is 1. The Labute approximate surface area is 167 Å². The first-order valence-electron chi connectivity index (χ1n) is 8.47. The lowest BCUT2D eigenvalue weighted by Gasteiger charge is -2.17. The van der Waals surface area contributed by atoms with E-state index in [1.54, 1.807) is 6.20 Å². The van der Waals surface area contributed by atoms with Gasteiger partial charge >= 0.3 is 0 Å². The van der Waals surface area contributed by atoms with Crippen LogP contribution >= 0.6 is 23.2 Å². The van der Waals surface area contributed by atoms with E-state index in [1.165, 1.54) is 0 Å². The van der Waals surface area contributed by atoms with Gasteiger partial charge in [-0.1, -0.05) is 41.4 Å². The van der Waals surface area contributed by atoms with Crippen LogP contribution in [-0.2, 0) is 13.0 Å². The van der Waals surface area contributed by atoms with Crippen molar-refractivity contribution in [2.45, 2.75) is 13.0 Å². The van der Waals surface area contributed by atoms with Crippen LogP contribution in [0.15, 0.2) is 55.1 Å². The van der Waals surface area contributed by atoms with Gasteiger partial charge in [-0.05, 0) is 28.8 Å². The van der Waals surface area contributed by atoms with Crippen molar-refractivity contribution in [1.29, 1.82) is 0 Å². The van der Waals surface area contributed by atoms with Gasteiger partial charge in [0.15, 0.2) is 0 Å². The number of hydrogen-bond acceptors (Lipinski definition) is 4. The maximum atomic E-state index is 6.23. The van der Waals surface area contributed by atoms with Crippen molar-refractivity contribution in [1.82, 2.24) is 19.9 Å². The van der Waals surface area contributed by atoms with Crippen LogP contribution in [0.25, 0.3) is 11.0 Å². The van der Waals surface area contributed by atoms with Gasteiger partial charge in [-0.15, -0.1) is 0 Å². The highest BCUT2D eigenvalue weighted by atomic mass is 35.5. The van der Waals surface area contributed by atoms with E-state index in [0.717, 1.165) is 32.7 Å². The van der Waals surface area contributed by atoms with Gasteiger partial charge in [0.2, 0.25) is 5.95 Å². The molecule has 0 saturated heterocycles. The highest BCUT2D eigenvalue weighted by Crippen LogP contribution is 2.23. The van der Waals surface area contributed by atoms with Gasteiger partial charge in [-0.25, -0.2) is 15.0 Å². The summed E-state index contributed by atoms with van der Waals surface area (Å²) < 4.78 is 0. The molecular weight excluding hydrogens is 381 g/mol. The molecule has 3 aromatic heterocycles. The van der Waals surface area contributed by atoms with Crippen molar-refractivity contribution in [3.63, 3.8) is 0 Å². The fourth-order valence-corrected chi connectivity index (χ4v) is 3.34. The summed E-state index contributed by atoms with van der Waals surface area (Å²) in [7, 11) is 1.95. The third kappa shape index (κ3) is 3.89. The molecule has 0 unspecified atom stereocenters. The second-order valence-corrected chi connectivity index (χ2v) is 7.22. The van der Waals surface area contributed by atoms with Gasteiger partial charge in [-0.2, -0.15) is 0 Å². The third-order valence-corrected chi connectivity index (χ3v) is 4.95. The minimum Gasteiger partial charge on any atom is -0.346 e. The van der Waals surface area contributed by atoms with E-state index in [-0.39, 0.29) is 0 Å². The molecule has 1 N–H and O–H groups in total. The van der Waals surface area contributed by atoms with Gasteiger partial charge in [-0.3, -0.25) is 0 Å². The van der Waals surface area contributed by atoms with E-state index in [9.17, 15) is 0 Å². The second kappa shape index (κ2) is 7.55. The fraction of sp³-hybridized carbons (Fsp3) is 0.150. The number of aromatic nitrogens is 4. The monoisotopic (exact) mass is 397 g/mol. The number of hydrogen-bond donors (Lipinski definition) is 1. The van der Waals surface area contributed by atoms with Crippen molar-refractivity contribution < 1.29 is 0 Å². The zero-order valence-electron chi connectivity index (χ0n) is 14.7. The summed E-state index contributed by atoms with van der Waals surface area (Å²) in [5.41, 5.74) is 4.00. The zero-order valence-corrected chi connectivity index (χ0v) is 16.2. The average molecular weight is 398 g/mol. The number of pyridine rings is 1. The van der Waals surface area contributed by atoms with Crippen molar-refractivity contribution in [2.75, 3.05) is 11.9 Å². The number of aromatic amines is 1. The van der Waals surface area contributed by atoms with Gasteiger partial charge in [0.25, 0.3) is 0 Å². The lowest BCUT2D eigenvalue weighted by molar-refractivity contribution is 0.861. The third-order valence-electron chi connectivity index (χ3n) is 4.38. The molecule has 0 aliphatic rings. The number of rotatable bonds is 5. The zero-order chi connectivity index (χ0) is 18.8. The largest absolute Gasteiger partial charge is 0.346 e. The van der Waals surface area contributed by atoms with E-state index >= 15 is 0 Å². The quantitative estimate of drug-likeness (QED) is 0.520. The van der Waals surface area contributed by atoms with Gasteiger partial charge < -0.3 is 9.88 Å². The minimum absolute atomic E-state index is 0.621. The molecular formula is C20H17Cl2N5. The predicted molar refractivity (Wildman–Crippen MR) is 110 cm³/mol. The molecule has 0 amide bonds. The number of H-pyrrole nitrogens is 1. The highest BCUT2D eigenvalue weighted by Gasteiger charge is 2.10. The maximum Gasteiger partial charge on any atom is 0.225 e. The maximum absolute atomic E-state index is 6.23. The molecule has 0 radical (unpaired) electrons. The van der Waals surface area contributed by atoms with Crippen molar-refractivity contribution in [2.24, 2.45) is 0 Å². The van der Waals surface area contributed by atoms with Crippen molar-refractivity contribution in [3.8, 4) is 0 Å². The number of nitrogens with zero attached hydrogens (tertiary/aromatic N) is 4. The molecule has 4 rings (SSSR count). The normalized spacial score (nSPS) is 11.1. The smallest absolute Gasteiger partial charge is 0.225 e. The molecule has 0 atom stereocenters. The van der Waals surface area contributed by atoms with Crippen LogP contribution in [0.5, 0.6) is 0 Å². The standard InChI is InChI=1S/C20H17Cl2N5/c1-27(12-14-4-2-3-5-18(14)22)20-25-8-13(9-26-20)6-15-10-23-19-17(15)7-16(21)11-24-19/h2-5,7-11H,6,12H2,1H3,(H,23,24). The van der Waals surface area contributed by atoms with Crippen LogP contribution in [0.3, 0.4) is 0 Å². The molecule has 0 saturated carbocycles. The summed E-state index contributed by atoms with van der Waals surface area (Å²) >= 11 is 12.3. The molecule has 0 bridgehead atoms. The number of anilines is 1. The summed E-state index contributed by atoms with van der Waals surface area (Å²) in [6, 6.07) is 9.70. The summed E-state index contributed by atoms with van der Waals surface area (Å²) in [6.45, 7) is 0.644. The molecule has 27 heavy (non-hydrogen) atoms. The average Bonchev–Trinajstić information content (AvgIpc) is 3.06. The molecule has 5 nitrogen and oxygen atoms in total. The molecule has 3 heterocycles. The van der Waals surface area contributed by atoms with Crippen LogP contribution < -0.4 is 4.90 Å². The SMILES string of the molecule is CN(Cc1ccccc1Cl)c1ncc(Cc2c[nH]c3ncc(Cl)cc23)cn1. The van der Waals surface area contributed by atoms with E-state index in [1.807, 2.05) is 60.9 Å². The lowest BCUT2D eigenvalue weighted by atomic mass is 10.1. The Kier molecular flexibility index (Phi) is 4.97. The Morgan fingerprint density at radius 1 is 1.00 bits per heavy atom. The first-order valence-corrected chi connectivity index (χ1v) is 9.23. The van der Waals surface area contributed by atoms with Crippen LogP contribution in [0.1, 0.15) is 16.7 Å². The van der Waals surface area contributed by atoms with Crippen LogP contribution in [0, 0.1) is 0 Å². The minimum atomic E-state index is 0.621. The fourth-order valence-electron chi connectivity index (χ4n) is 2.99. The molecule has 0 aliphatic carbocycles. The Balaban J connectivity index is 1.50. The molecule has 0 spiro atoms. The van der Waals surface area contributed by atoms with Gasteiger partial charge in [0.05, 0.1) is 5.02 Å². The number of fused-ring (bicyclic) bond motifs is 1. The van der Waals surface area contributed by atoms with Crippen LogP contribution in [0.4, 0.5) is 5.95 Å². The van der Waals surface area contributed by atoms with Gasteiger partial charge in [0, 0.05) is 55.2 Å². The van der Waals surface area contributed by atoms with Gasteiger partial charge in [0.1, 0.15) is 5.65 Å². The Bertz CT molecular complexity index is 1080. The Hall–Kier alpha value is -2.63. The van der Waals surface area contributed by atoms with E-state index in [2.05, 4.69) is 19.9 Å². The predicted octanol–water partition coefficient (Wildman–Crippen LogP) is 4.89. The number of halogens is 2. The summed E-state index contributed by atoms with van der Waals surface area (Å²) in [5, 5.41) is 2.38. The summed E-state index contributed by atoms with van der Waals surface area (Å²) in [5.74, 6) is 0.655. The lowest BCUT2D eigenvalue weighted by Crippen LogP contribution is -2.19. The summed E-state index contributed by atoms with van der Waals surface area (Å²) in [4.78, 5) is 18.4. The second-order valence-electron chi connectivity index (χ2n) is 6.38. The van der Waals surface area contributed by atoms with Crippen LogP contribution in [-0.4, -0.2) is 27.0 Å². The Morgan fingerprint density at radius 3 is 2.56 bits per heavy atom. The van der Waals surface area contributed by atoms with E-state index < -0.39 is 0 Å². The first-order chi connectivity index (χ1) is 13.1. The highest BCUT2D eigenvalue weighted by molar-refractivity contribution is 6.31. The van der Waals surface area contributed by atoms with E-state index in [4.69, 9.17) is 23.2 Å². The molecule has 0 fully saturated rings.